The van der Waals surface area contributed by atoms with Crippen molar-refractivity contribution in [3.8, 4) is 0 Å². The normalized spacial score (nSPS) is 31.9. The zero-order valence-electron chi connectivity index (χ0n) is 11.4. The molecule has 2 fully saturated rings. The Balaban J connectivity index is 1.65. The Kier molecular flexibility index (Phi) is 3.77. The van der Waals surface area contributed by atoms with Crippen molar-refractivity contribution in [1.82, 2.24) is 14.9 Å². The van der Waals surface area contributed by atoms with Gasteiger partial charge in [0.15, 0.2) is 0 Å². The van der Waals surface area contributed by atoms with Gasteiger partial charge in [0, 0.05) is 51.9 Å². The smallest absolute Gasteiger partial charge is 0.0987 e. The van der Waals surface area contributed by atoms with Crippen LogP contribution in [0.1, 0.15) is 25.0 Å². The molecular formula is C14H21N3O2. The number of hydrogen-bond donors (Lipinski definition) is 0. The first-order valence-corrected chi connectivity index (χ1v) is 6.96. The molecule has 2 aliphatic heterocycles. The van der Waals surface area contributed by atoms with E-state index in [1.54, 1.807) is 19.5 Å². The maximum Gasteiger partial charge on any atom is 0.0987 e. The fourth-order valence-electron chi connectivity index (χ4n) is 3.24. The fourth-order valence-corrected chi connectivity index (χ4v) is 3.24. The molecule has 0 aromatic carbocycles. The summed E-state index contributed by atoms with van der Waals surface area (Å²) < 4.78 is 11.7. The molecule has 5 heteroatoms. The molecule has 0 amide bonds. The molecule has 2 aliphatic rings. The highest BCUT2D eigenvalue weighted by atomic mass is 16.5. The van der Waals surface area contributed by atoms with Crippen LogP contribution in [0.5, 0.6) is 0 Å². The van der Waals surface area contributed by atoms with Crippen LogP contribution in [0.25, 0.3) is 0 Å². The van der Waals surface area contributed by atoms with Gasteiger partial charge in [0.05, 0.1) is 17.4 Å². The summed E-state index contributed by atoms with van der Waals surface area (Å²) in [5, 5.41) is 0. The standard InChI is InChI=1S/C14H21N3O2/c1-18-13-11-17(10-12-9-15-5-6-16-12)7-4-14(13)3-2-8-19-14/h5-6,9,13H,2-4,7-8,10-11H2,1H3/t13-,14-/m0/s1. The molecule has 5 nitrogen and oxygen atoms in total. The van der Waals surface area contributed by atoms with Crippen LogP contribution in [0, 0.1) is 0 Å². The second-order valence-corrected chi connectivity index (χ2v) is 5.42. The molecule has 1 aromatic heterocycles. The minimum atomic E-state index is -0.0341. The minimum absolute atomic E-state index is 0.0341. The van der Waals surface area contributed by atoms with Crippen LogP contribution >= 0.6 is 0 Å². The number of ether oxygens (including phenoxy) is 2. The number of likely N-dealkylation sites (tertiary alicyclic amines) is 1. The second-order valence-electron chi connectivity index (χ2n) is 5.42. The predicted octanol–water partition coefficient (Wildman–Crippen LogP) is 1.25. The first-order chi connectivity index (χ1) is 9.32. The Bertz CT molecular complexity index is 406. The molecule has 3 heterocycles. The average molecular weight is 263 g/mol. The monoisotopic (exact) mass is 263 g/mol. The highest BCUT2D eigenvalue weighted by Gasteiger charge is 2.46. The van der Waals surface area contributed by atoms with Crippen LogP contribution in [0.4, 0.5) is 0 Å². The van der Waals surface area contributed by atoms with Gasteiger partial charge in [-0.2, -0.15) is 0 Å². The van der Waals surface area contributed by atoms with Gasteiger partial charge in [0.1, 0.15) is 0 Å². The summed E-state index contributed by atoms with van der Waals surface area (Å²) in [6.07, 6.45) is 8.78. The minimum Gasteiger partial charge on any atom is -0.377 e. The van der Waals surface area contributed by atoms with Crippen molar-refractivity contribution >= 4 is 0 Å². The summed E-state index contributed by atoms with van der Waals surface area (Å²) in [7, 11) is 1.79. The lowest BCUT2D eigenvalue weighted by Gasteiger charge is -2.44. The molecule has 0 bridgehead atoms. The van der Waals surface area contributed by atoms with E-state index in [9.17, 15) is 0 Å². The Morgan fingerprint density at radius 3 is 3.11 bits per heavy atom. The van der Waals surface area contributed by atoms with E-state index in [1.165, 1.54) is 0 Å². The number of methoxy groups -OCH3 is 1. The largest absolute Gasteiger partial charge is 0.377 e. The van der Waals surface area contributed by atoms with Crippen molar-refractivity contribution in [2.45, 2.75) is 37.5 Å². The van der Waals surface area contributed by atoms with Crippen molar-refractivity contribution in [2.75, 3.05) is 26.8 Å². The van der Waals surface area contributed by atoms with Gasteiger partial charge in [-0.1, -0.05) is 0 Å². The first kappa shape index (κ1) is 13.0. The molecule has 0 aliphatic carbocycles. The maximum absolute atomic E-state index is 6.00. The third-order valence-electron chi connectivity index (χ3n) is 4.28. The zero-order chi connectivity index (χ0) is 13.1. The Labute approximate surface area is 113 Å². The summed E-state index contributed by atoms with van der Waals surface area (Å²) in [6.45, 7) is 3.66. The molecule has 2 saturated heterocycles. The molecule has 1 aromatic rings. The van der Waals surface area contributed by atoms with Gasteiger partial charge >= 0.3 is 0 Å². The molecular weight excluding hydrogens is 242 g/mol. The molecule has 104 valence electrons. The highest BCUT2D eigenvalue weighted by Crippen LogP contribution is 2.37. The number of nitrogens with zero attached hydrogens (tertiary/aromatic N) is 3. The van der Waals surface area contributed by atoms with Crippen LogP contribution < -0.4 is 0 Å². The van der Waals surface area contributed by atoms with E-state index in [1.807, 2.05) is 6.20 Å². The van der Waals surface area contributed by atoms with Gasteiger partial charge in [0.2, 0.25) is 0 Å². The molecule has 19 heavy (non-hydrogen) atoms. The molecule has 0 radical (unpaired) electrons. The third-order valence-corrected chi connectivity index (χ3v) is 4.28. The highest BCUT2D eigenvalue weighted by molar-refractivity contribution is 5.01. The lowest BCUT2D eigenvalue weighted by Crippen LogP contribution is -2.55. The Hall–Kier alpha value is -1.04. The van der Waals surface area contributed by atoms with E-state index in [0.717, 1.165) is 51.2 Å². The van der Waals surface area contributed by atoms with E-state index in [4.69, 9.17) is 9.47 Å². The van der Waals surface area contributed by atoms with Crippen molar-refractivity contribution in [3.63, 3.8) is 0 Å². The average Bonchev–Trinajstić information content (AvgIpc) is 2.92. The lowest BCUT2D eigenvalue weighted by atomic mass is 9.86. The molecule has 0 unspecified atom stereocenters. The Morgan fingerprint density at radius 2 is 2.42 bits per heavy atom. The number of aromatic nitrogens is 2. The van der Waals surface area contributed by atoms with Crippen LogP contribution in [0.2, 0.25) is 0 Å². The van der Waals surface area contributed by atoms with Gasteiger partial charge < -0.3 is 9.47 Å². The van der Waals surface area contributed by atoms with E-state index < -0.39 is 0 Å². The predicted molar refractivity (Wildman–Crippen MR) is 70.6 cm³/mol. The van der Waals surface area contributed by atoms with Crippen molar-refractivity contribution < 1.29 is 9.47 Å². The summed E-state index contributed by atoms with van der Waals surface area (Å²) in [5.41, 5.74) is 0.980. The number of hydrogen-bond acceptors (Lipinski definition) is 5. The fraction of sp³-hybridized carbons (Fsp3) is 0.714. The van der Waals surface area contributed by atoms with E-state index in [0.29, 0.717) is 0 Å². The Morgan fingerprint density at radius 1 is 1.47 bits per heavy atom. The summed E-state index contributed by atoms with van der Waals surface area (Å²) in [6, 6.07) is 0. The molecule has 0 N–H and O–H groups in total. The molecule has 1 spiro atoms. The SMILES string of the molecule is CO[C@H]1CN(Cc2cnccn2)CC[C@@]12CCCO2. The van der Waals surface area contributed by atoms with Crippen LogP contribution in [-0.2, 0) is 16.0 Å². The molecule has 0 saturated carbocycles. The van der Waals surface area contributed by atoms with Crippen molar-refractivity contribution in [1.29, 1.82) is 0 Å². The quantitative estimate of drug-likeness (QED) is 0.821. The van der Waals surface area contributed by atoms with Gasteiger partial charge in [-0.15, -0.1) is 0 Å². The van der Waals surface area contributed by atoms with E-state index in [2.05, 4.69) is 14.9 Å². The van der Waals surface area contributed by atoms with Crippen molar-refractivity contribution in [3.05, 3.63) is 24.3 Å². The van der Waals surface area contributed by atoms with E-state index in [-0.39, 0.29) is 11.7 Å². The van der Waals surface area contributed by atoms with Crippen LogP contribution in [-0.4, -0.2) is 53.4 Å². The first-order valence-electron chi connectivity index (χ1n) is 6.96. The van der Waals surface area contributed by atoms with Crippen molar-refractivity contribution in [2.24, 2.45) is 0 Å². The number of rotatable bonds is 3. The topological polar surface area (TPSA) is 47.5 Å². The van der Waals surface area contributed by atoms with Gasteiger partial charge in [-0.3, -0.25) is 14.9 Å². The summed E-state index contributed by atoms with van der Waals surface area (Å²) >= 11 is 0. The lowest BCUT2D eigenvalue weighted by molar-refractivity contribution is -0.143. The zero-order valence-corrected chi connectivity index (χ0v) is 11.4. The maximum atomic E-state index is 6.00. The van der Waals surface area contributed by atoms with Crippen LogP contribution in [0.15, 0.2) is 18.6 Å². The molecule has 2 atom stereocenters. The van der Waals surface area contributed by atoms with E-state index >= 15 is 0 Å². The van der Waals surface area contributed by atoms with Gasteiger partial charge in [-0.25, -0.2) is 0 Å². The number of piperidine rings is 1. The van der Waals surface area contributed by atoms with Gasteiger partial charge in [-0.05, 0) is 19.3 Å². The third kappa shape index (κ3) is 2.63. The second kappa shape index (κ2) is 5.53. The van der Waals surface area contributed by atoms with Crippen LogP contribution in [0.3, 0.4) is 0 Å². The summed E-state index contributed by atoms with van der Waals surface area (Å²) in [5.74, 6) is 0. The summed E-state index contributed by atoms with van der Waals surface area (Å²) in [4.78, 5) is 10.8. The molecule has 3 rings (SSSR count). The van der Waals surface area contributed by atoms with Gasteiger partial charge in [0.25, 0.3) is 0 Å².